The third-order valence-corrected chi connectivity index (χ3v) is 7.79. The number of fused-ring (bicyclic) bond motifs is 2. The number of para-hydroxylation sites is 2. The Labute approximate surface area is 167 Å². The van der Waals surface area contributed by atoms with Crippen molar-refractivity contribution < 1.29 is 13.9 Å². The summed E-state index contributed by atoms with van der Waals surface area (Å²) >= 11 is 0. The predicted octanol–water partition coefficient (Wildman–Crippen LogP) is 6.74. The van der Waals surface area contributed by atoms with E-state index in [1.54, 1.807) is 0 Å². The Morgan fingerprint density at radius 3 is 2.14 bits per heavy atom. The van der Waals surface area contributed by atoms with Gasteiger partial charge in [-0.15, -0.1) is 0 Å². The van der Waals surface area contributed by atoms with Gasteiger partial charge < -0.3 is 9.47 Å². The maximum absolute atomic E-state index is 14.6. The van der Waals surface area contributed by atoms with Crippen molar-refractivity contribution in [2.45, 2.75) is 52.9 Å². The lowest BCUT2D eigenvalue weighted by Crippen LogP contribution is -2.28. The zero-order valence-corrected chi connectivity index (χ0v) is 16.6. The fourth-order valence-corrected chi connectivity index (χ4v) is 6.30. The first-order valence-electron chi connectivity index (χ1n) is 9.72. The van der Waals surface area contributed by atoms with E-state index in [1.165, 1.54) is 6.07 Å². The normalized spacial score (nSPS) is 17.5. The largest absolute Gasteiger partial charge is 0.484 e. The molecular formula is C24H22FO2S+. The Morgan fingerprint density at radius 2 is 1.50 bits per heavy atom. The summed E-state index contributed by atoms with van der Waals surface area (Å²) in [6.45, 7) is 2.09. The van der Waals surface area contributed by atoms with Gasteiger partial charge in [0, 0.05) is 6.07 Å². The van der Waals surface area contributed by atoms with E-state index in [0.717, 1.165) is 51.9 Å². The number of halogens is 1. The van der Waals surface area contributed by atoms with Crippen molar-refractivity contribution in [1.82, 2.24) is 0 Å². The van der Waals surface area contributed by atoms with Gasteiger partial charge in [0.2, 0.25) is 9.79 Å². The Kier molecular flexibility index (Phi) is 4.31. The molecule has 2 nitrogen and oxygen atoms in total. The Hall–Kier alpha value is -2.46. The maximum Gasteiger partial charge on any atom is 0.209 e. The standard InChI is InChI=1S/C24H22FO2S/c1-24(14-6-7-15-24)27-21-16-17(12-13-18(21)25)28-22-10-4-2-8-19(22)26-20-9-3-5-11-23(20)28/h2-5,8-13,16H,6-7,14-15H2,1H3/q+1. The van der Waals surface area contributed by atoms with Crippen LogP contribution in [0.2, 0.25) is 0 Å². The maximum atomic E-state index is 14.6. The molecule has 0 bridgehead atoms. The van der Waals surface area contributed by atoms with Gasteiger partial charge in [-0.25, -0.2) is 4.39 Å². The zero-order chi connectivity index (χ0) is 19.1. The Morgan fingerprint density at radius 1 is 0.893 bits per heavy atom. The van der Waals surface area contributed by atoms with Crippen molar-refractivity contribution in [2.24, 2.45) is 0 Å². The molecule has 0 aromatic heterocycles. The summed E-state index contributed by atoms with van der Waals surface area (Å²) in [6, 6.07) is 21.5. The fourth-order valence-electron chi connectivity index (χ4n) is 4.08. The molecule has 3 aromatic rings. The van der Waals surface area contributed by atoms with Crippen molar-refractivity contribution in [3.8, 4) is 17.2 Å². The minimum Gasteiger partial charge on any atom is -0.484 e. The third kappa shape index (κ3) is 3.06. The number of hydrogen-bond donors (Lipinski definition) is 0. The highest BCUT2D eigenvalue weighted by Crippen LogP contribution is 2.47. The molecule has 0 N–H and O–H groups in total. The van der Waals surface area contributed by atoms with Gasteiger partial charge in [0.25, 0.3) is 0 Å². The van der Waals surface area contributed by atoms with E-state index in [2.05, 4.69) is 19.1 Å². The summed E-state index contributed by atoms with van der Waals surface area (Å²) in [7, 11) is -0.365. The van der Waals surface area contributed by atoms with Crippen LogP contribution in [0, 0.1) is 5.82 Å². The summed E-state index contributed by atoms with van der Waals surface area (Å²) in [5.74, 6) is 1.78. The molecule has 0 unspecified atom stereocenters. The summed E-state index contributed by atoms with van der Waals surface area (Å²) in [5.41, 5.74) is -0.270. The summed E-state index contributed by atoms with van der Waals surface area (Å²) in [6.07, 6.45) is 4.23. The molecule has 1 saturated carbocycles. The van der Waals surface area contributed by atoms with E-state index < -0.39 is 0 Å². The van der Waals surface area contributed by atoms with Gasteiger partial charge >= 0.3 is 0 Å². The molecule has 5 rings (SSSR count). The van der Waals surface area contributed by atoms with E-state index in [9.17, 15) is 4.39 Å². The lowest BCUT2D eigenvalue weighted by Gasteiger charge is -2.26. The van der Waals surface area contributed by atoms with Crippen LogP contribution in [0.4, 0.5) is 4.39 Å². The smallest absolute Gasteiger partial charge is 0.209 e. The molecule has 1 fully saturated rings. The summed E-state index contributed by atoms with van der Waals surface area (Å²) in [5, 5.41) is 0. The highest BCUT2D eigenvalue weighted by molar-refractivity contribution is 7.97. The van der Waals surface area contributed by atoms with Crippen LogP contribution in [0.5, 0.6) is 17.2 Å². The van der Waals surface area contributed by atoms with Gasteiger partial charge in [-0.1, -0.05) is 24.3 Å². The summed E-state index contributed by atoms with van der Waals surface area (Å²) in [4.78, 5) is 3.28. The molecule has 142 valence electrons. The second-order valence-electron chi connectivity index (χ2n) is 7.65. The van der Waals surface area contributed by atoms with Crippen LogP contribution in [0.3, 0.4) is 0 Å². The molecule has 4 heteroatoms. The number of rotatable bonds is 3. The van der Waals surface area contributed by atoms with Crippen molar-refractivity contribution in [3.05, 3.63) is 72.5 Å². The first-order valence-corrected chi connectivity index (χ1v) is 10.9. The highest BCUT2D eigenvalue weighted by Gasteiger charge is 2.40. The summed E-state index contributed by atoms with van der Waals surface area (Å²) < 4.78 is 26.9. The molecule has 28 heavy (non-hydrogen) atoms. The van der Waals surface area contributed by atoms with E-state index in [-0.39, 0.29) is 22.3 Å². The SMILES string of the molecule is CC1(Oc2cc([S+]3c4ccccc4Oc4ccccc43)ccc2F)CCCC1. The van der Waals surface area contributed by atoms with Crippen LogP contribution in [-0.4, -0.2) is 5.60 Å². The van der Waals surface area contributed by atoms with Gasteiger partial charge in [0.05, 0.1) is 0 Å². The van der Waals surface area contributed by atoms with Gasteiger partial charge in [0.15, 0.2) is 28.0 Å². The van der Waals surface area contributed by atoms with Crippen molar-refractivity contribution in [3.63, 3.8) is 0 Å². The molecule has 2 aliphatic rings. The minimum atomic E-state index is -0.365. The Balaban J connectivity index is 1.61. The van der Waals surface area contributed by atoms with Crippen LogP contribution in [0.25, 0.3) is 0 Å². The van der Waals surface area contributed by atoms with Crippen molar-refractivity contribution in [1.29, 1.82) is 0 Å². The number of benzene rings is 3. The zero-order valence-electron chi connectivity index (χ0n) is 15.8. The molecule has 1 aliphatic heterocycles. The van der Waals surface area contributed by atoms with Crippen molar-refractivity contribution >= 4 is 10.9 Å². The van der Waals surface area contributed by atoms with Gasteiger partial charge in [-0.3, -0.25) is 0 Å². The predicted molar refractivity (Wildman–Crippen MR) is 109 cm³/mol. The van der Waals surface area contributed by atoms with Crippen LogP contribution in [0.1, 0.15) is 32.6 Å². The molecule has 0 amide bonds. The average Bonchev–Trinajstić information content (AvgIpc) is 3.14. The molecular weight excluding hydrogens is 371 g/mol. The first-order chi connectivity index (χ1) is 13.6. The molecule has 0 saturated heterocycles. The molecule has 0 radical (unpaired) electrons. The number of ether oxygens (including phenoxy) is 2. The quantitative estimate of drug-likeness (QED) is 0.359. The topological polar surface area (TPSA) is 18.5 Å². The lowest BCUT2D eigenvalue weighted by atomic mass is 10.1. The highest BCUT2D eigenvalue weighted by atomic mass is 32.2. The Bertz CT molecular complexity index is 981. The molecule has 1 aliphatic carbocycles. The van der Waals surface area contributed by atoms with Gasteiger partial charge in [-0.05, 0) is 69.0 Å². The van der Waals surface area contributed by atoms with Gasteiger partial charge in [0.1, 0.15) is 16.5 Å². The van der Waals surface area contributed by atoms with Crippen molar-refractivity contribution in [2.75, 3.05) is 0 Å². The lowest BCUT2D eigenvalue weighted by molar-refractivity contribution is 0.0910. The molecule has 1 heterocycles. The van der Waals surface area contributed by atoms with Crippen LogP contribution in [-0.2, 0) is 10.9 Å². The second-order valence-corrected chi connectivity index (χ2v) is 9.62. The molecule has 0 spiro atoms. The van der Waals surface area contributed by atoms with Crippen LogP contribution in [0.15, 0.2) is 81.4 Å². The third-order valence-electron chi connectivity index (χ3n) is 5.51. The van der Waals surface area contributed by atoms with E-state index >= 15 is 0 Å². The molecule has 0 atom stereocenters. The second kappa shape index (κ2) is 6.85. The average molecular weight is 394 g/mol. The van der Waals surface area contributed by atoms with E-state index in [0.29, 0.717) is 5.75 Å². The van der Waals surface area contributed by atoms with E-state index in [1.807, 2.05) is 48.5 Å². The fraction of sp³-hybridized carbons (Fsp3) is 0.250. The first kappa shape index (κ1) is 17.6. The monoisotopic (exact) mass is 393 g/mol. The van der Waals surface area contributed by atoms with Crippen LogP contribution < -0.4 is 9.47 Å². The number of hydrogen-bond acceptors (Lipinski definition) is 2. The molecule has 3 aromatic carbocycles. The minimum absolute atomic E-state index is 0.270. The van der Waals surface area contributed by atoms with Crippen LogP contribution >= 0.6 is 0 Å². The van der Waals surface area contributed by atoms with Gasteiger partial charge in [-0.2, -0.15) is 0 Å². The van der Waals surface area contributed by atoms with E-state index in [4.69, 9.17) is 9.47 Å².